The molecule has 1 unspecified atom stereocenters. The molecule has 0 aromatic heterocycles. The Balaban J connectivity index is 2.09. The fourth-order valence-electron chi connectivity index (χ4n) is 1.48. The zero-order chi connectivity index (χ0) is 9.97. The number of hydrogen-bond donors (Lipinski definition) is 0. The molecule has 0 fully saturated rings. The van der Waals surface area contributed by atoms with Gasteiger partial charge in [-0.05, 0) is 24.2 Å². The minimum absolute atomic E-state index is 0.164. The number of benzene rings is 1. The summed E-state index contributed by atoms with van der Waals surface area (Å²) < 4.78 is 0. The lowest BCUT2D eigenvalue weighted by atomic mass is 10.1. The third-order valence-electron chi connectivity index (χ3n) is 2.13. The maximum atomic E-state index is 11.4. The standard InChI is InChI=1S/C11H11NOS/c1-8-12-10(11(13)14-8)7-9-5-3-2-4-6-9/h2-6,10H,7H2,1H3. The van der Waals surface area contributed by atoms with Crippen LogP contribution >= 0.6 is 11.8 Å². The molecule has 3 heteroatoms. The van der Waals surface area contributed by atoms with E-state index in [9.17, 15) is 4.79 Å². The molecular formula is C11H11NOS. The molecule has 1 aromatic rings. The molecule has 0 amide bonds. The Bertz CT molecular complexity index is 372. The van der Waals surface area contributed by atoms with Gasteiger partial charge in [0.25, 0.3) is 0 Å². The van der Waals surface area contributed by atoms with Crippen molar-refractivity contribution in [3.05, 3.63) is 35.9 Å². The van der Waals surface area contributed by atoms with Crippen LogP contribution in [0.4, 0.5) is 0 Å². The molecule has 1 atom stereocenters. The predicted molar refractivity (Wildman–Crippen MR) is 59.6 cm³/mol. The third kappa shape index (κ3) is 2.04. The molecule has 72 valence electrons. The van der Waals surface area contributed by atoms with E-state index in [4.69, 9.17) is 0 Å². The zero-order valence-electron chi connectivity index (χ0n) is 7.93. The molecule has 1 aliphatic rings. The van der Waals surface area contributed by atoms with Gasteiger partial charge in [-0.2, -0.15) is 0 Å². The average Bonchev–Trinajstić information content (AvgIpc) is 2.47. The molecule has 0 N–H and O–H groups in total. The van der Waals surface area contributed by atoms with E-state index in [1.54, 1.807) is 0 Å². The molecule has 0 saturated carbocycles. The Kier molecular flexibility index (Phi) is 2.68. The largest absolute Gasteiger partial charge is 0.284 e. The molecule has 0 aliphatic carbocycles. The summed E-state index contributed by atoms with van der Waals surface area (Å²) in [5.41, 5.74) is 1.17. The summed E-state index contributed by atoms with van der Waals surface area (Å²) in [6, 6.07) is 9.84. The minimum Gasteiger partial charge on any atom is -0.284 e. The first-order valence-corrected chi connectivity index (χ1v) is 5.37. The lowest BCUT2D eigenvalue weighted by Crippen LogP contribution is -2.13. The summed E-state index contributed by atoms with van der Waals surface area (Å²) in [7, 11) is 0. The second kappa shape index (κ2) is 3.96. The van der Waals surface area contributed by atoms with Crippen LogP contribution in [0.5, 0.6) is 0 Å². The molecule has 2 rings (SSSR count). The van der Waals surface area contributed by atoms with E-state index >= 15 is 0 Å². The summed E-state index contributed by atoms with van der Waals surface area (Å²) in [6.07, 6.45) is 0.726. The van der Waals surface area contributed by atoms with Gasteiger partial charge in [0.05, 0.1) is 5.04 Å². The summed E-state index contributed by atoms with van der Waals surface area (Å²) in [4.78, 5) is 15.7. The van der Waals surface area contributed by atoms with E-state index in [0.717, 1.165) is 11.5 Å². The van der Waals surface area contributed by atoms with E-state index in [1.807, 2.05) is 37.3 Å². The molecule has 0 bridgehead atoms. The van der Waals surface area contributed by atoms with E-state index in [0.29, 0.717) is 0 Å². The van der Waals surface area contributed by atoms with Crippen molar-refractivity contribution < 1.29 is 4.79 Å². The van der Waals surface area contributed by atoms with Gasteiger partial charge < -0.3 is 0 Å². The van der Waals surface area contributed by atoms with Gasteiger partial charge in [-0.25, -0.2) is 0 Å². The first-order chi connectivity index (χ1) is 6.75. The summed E-state index contributed by atoms with van der Waals surface area (Å²) in [5.74, 6) is 0. The maximum absolute atomic E-state index is 11.4. The van der Waals surface area contributed by atoms with Crippen molar-refractivity contribution in [2.45, 2.75) is 19.4 Å². The number of thioether (sulfide) groups is 1. The highest BCUT2D eigenvalue weighted by Crippen LogP contribution is 2.22. The van der Waals surface area contributed by atoms with Crippen LogP contribution in [0.2, 0.25) is 0 Å². The fourth-order valence-corrected chi connectivity index (χ4v) is 2.22. The van der Waals surface area contributed by atoms with Gasteiger partial charge in [-0.1, -0.05) is 30.3 Å². The van der Waals surface area contributed by atoms with Crippen molar-refractivity contribution in [2.24, 2.45) is 4.99 Å². The van der Waals surface area contributed by atoms with E-state index < -0.39 is 0 Å². The monoisotopic (exact) mass is 205 g/mol. The van der Waals surface area contributed by atoms with Crippen LogP contribution in [-0.4, -0.2) is 16.2 Å². The van der Waals surface area contributed by atoms with Gasteiger partial charge in [0.2, 0.25) is 5.12 Å². The minimum atomic E-state index is -0.164. The number of carbonyl (C=O) groups is 1. The number of carbonyl (C=O) groups excluding carboxylic acids is 1. The number of rotatable bonds is 2. The van der Waals surface area contributed by atoms with Gasteiger partial charge in [-0.3, -0.25) is 9.79 Å². The Morgan fingerprint density at radius 3 is 2.64 bits per heavy atom. The molecule has 0 radical (unpaired) electrons. The predicted octanol–water partition coefficient (Wildman–Crippen LogP) is 2.29. The van der Waals surface area contributed by atoms with Gasteiger partial charge in [0, 0.05) is 6.42 Å². The Hall–Kier alpha value is -1.09. The number of aliphatic imine (C=N–C) groups is 1. The average molecular weight is 205 g/mol. The summed E-state index contributed by atoms with van der Waals surface area (Å²) >= 11 is 1.26. The van der Waals surface area contributed by atoms with Crippen LogP contribution < -0.4 is 0 Å². The van der Waals surface area contributed by atoms with Crippen LogP contribution in [-0.2, 0) is 11.2 Å². The molecule has 0 saturated heterocycles. The first kappa shape index (κ1) is 9.46. The normalized spacial score (nSPS) is 21.1. The Morgan fingerprint density at radius 2 is 2.07 bits per heavy atom. The Labute approximate surface area is 87.4 Å². The third-order valence-corrected chi connectivity index (χ3v) is 3.00. The van der Waals surface area contributed by atoms with Crippen molar-refractivity contribution in [3.8, 4) is 0 Å². The SMILES string of the molecule is CC1=NC(Cc2ccccc2)C(=O)S1. The molecule has 2 nitrogen and oxygen atoms in total. The summed E-state index contributed by atoms with van der Waals surface area (Å²) in [6.45, 7) is 1.88. The highest BCUT2D eigenvalue weighted by molar-refractivity contribution is 8.26. The van der Waals surface area contributed by atoms with Crippen molar-refractivity contribution in [1.82, 2.24) is 0 Å². The van der Waals surface area contributed by atoms with Crippen LogP contribution in [0.25, 0.3) is 0 Å². The van der Waals surface area contributed by atoms with Gasteiger partial charge in [-0.15, -0.1) is 0 Å². The highest BCUT2D eigenvalue weighted by atomic mass is 32.2. The van der Waals surface area contributed by atoms with Crippen molar-refractivity contribution in [2.75, 3.05) is 0 Å². The molecule has 1 aliphatic heterocycles. The smallest absolute Gasteiger partial charge is 0.219 e. The van der Waals surface area contributed by atoms with Crippen LogP contribution in [0.3, 0.4) is 0 Å². The van der Waals surface area contributed by atoms with Gasteiger partial charge in [0.1, 0.15) is 6.04 Å². The molecular weight excluding hydrogens is 194 g/mol. The highest BCUT2D eigenvalue weighted by Gasteiger charge is 2.25. The number of hydrogen-bond acceptors (Lipinski definition) is 3. The second-order valence-electron chi connectivity index (χ2n) is 3.27. The quantitative estimate of drug-likeness (QED) is 0.741. The lowest BCUT2D eigenvalue weighted by molar-refractivity contribution is -0.111. The van der Waals surface area contributed by atoms with Crippen molar-refractivity contribution in [3.63, 3.8) is 0 Å². The first-order valence-electron chi connectivity index (χ1n) is 4.56. The Morgan fingerprint density at radius 1 is 1.36 bits per heavy atom. The van der Waals surface area contributed by atoms with Crippen LogP contribution in [0, 0.1) is 0 Å². The molecule has 14 heavy (non-hydrogen) atoms. The zero-order valence-corrected chi connectivity index (χ0v) is 8.75. The van der Waals surface area contributed by atoms with Gasteiger partial charge in [0.15, 0.2) is 0 Å². The van der Waals surface area contributed by atoms with Gasteiger partial charge >= 0.3 is 0 Å². The maximum Gasteiger partial charge on any atom is 0.219 e. The second-order valence-corrected chi connectivity index (χ2v) is 4.47. The van der Waals surface area contributed by atoms with E-state index in [2.05, 4.69) is 4.99 Å². The topological polar surface area (TPSA) is 29.4 Å². The van der Waals surface area contributed by atoms with Crippen LogP contribution in [0.15, 0.2) is 35.3 Å². The van der Waals surface area contributed by atoms with E-state index in [-0.39, 0.29) is 11.2 Å². The van der Waals surface area contributed by atoms with E-state index in [1.165, 1.54) is 17.3 Å². The van der Waals surface area contributed by atoms with Crippen LogP contribution in [0.1, 0.15) is 12.5 Å². The summed E-state index contributed by atoms with van der Waals surface area (Å²) in [5, 5.41) is 1.06. The molecule has 1 aromatic carbocycles. The van der Waals surface area contributed by atoms with Crippen molar-refractivity contribution in [1.29, 1.82) is 0 Å². The fraction of sp³-hybridized carbons (Fsp3) is 0.273. The number of nitrogens with zero attached hydrogens (tertiary/aromatic N) is 1. The lowest BCUT2D eigenvalue weighted by Gasteiger charge is -2.03. The molecule has 1 heterocycles. The molecule has 0 spiro atoms. The van der Waals surface area contributed by atoms with Crippen molar-refractivity contribution >= 4 is 21.9 Å².